The van der Waals surface area contributed by atoms with Crippen LogP contribution in [-0.4, -0.2) is 34.5 Å². The Morgan fingerprint density at radius 2 is 1.65 bits per heavy atom. The second-order valence-electron chi connectivity index (χ2n) is 6.07. The fourth-order valence-electron chi connectivity index (χ4n) is 3.31. The van der Waals surface area contributed by atoms with Crippen LogP contribution in [0.25, 0.3) is 0 Å². The van der Waals surface area contributed by atoms with E-state index in [0.717, 1.165) is 38.0 Å². The summed E-state index contributed by atoms with van der Waals surface area (Å²) < 4.78 is 0. The molecule has 3 unspecified atom stereocenters. The molecular formula is C14H27NO2. The van der Waals surface area contributed by atoms with Crippen LogP contribution in [0.3, 0.4) is 0 Å². The zero-order valence-corrected chi connectivity index (χ0v) is 10.9. The van der Waals surface area contributed by atoms with Crippen molar-refractivity contribution in [2.24, 2.45) is 5.92 Å². The average molecular weight is 241 g/mol. The summed E-state index contributed by atoms with van der Waals surface area (Å²) in [6.45, 7) is 2.20. The van der Waals surface area contributed by atoms with Gasteiger partial charge in [-0.15, -0.1) is 0 Å². The van der Waals surface area contributed by atoms with Crippen molar-refractivity contribution in [3.05, 3.63) is 0 Å². The van der Waals surface area contributed by atoms with Gasteiger partial charge in [-0.05, 0) is 64.2 Å². The Morgan fingerprint density at radius 1 is 0.941 bits per heavy atom. The van der Waals surface area contributed by atoms with Crippen LogP contribution in [0.4, 0.5) is 0 Å². The van der Waals surface area contributed by atoms with Crippen molar-refractivity contribution in [2.75, 3.05) is 0 Å². The molecule has 2 fully saturated rings. The highest BCUT2D eigenvalue weighted by Gasteiger charge is 2.27. The molecule has 1 aliphatic carbocycles. The molecule has 0 aromatic heterocycles. The summed E-state index contributed by atoms with van der Waals surface area (Å²) in [5.41, 5.74) is 0. The van der Waals surface area contributed by atoms with Crippen LogP contribution in [-0.2, 0) is 0 Å². The average Bonchev–Trinajstić information content (AvgIpc) is 2.32. The van der Waals surface area contributed by atoms with Crippen LogP contribution >= 0.6 is 0 Å². The van der Waals surface area contributed by atoms with Gasteiger partial charge in [0.05, 0.1) is 12.2 Å². The predicted octanol–water partition coefficient (Wildman–Crippen LogP) is 1.82. The summed E-state index contributed by atoms with van der Waals surface area (Å²) >= 11 is 0. The van der Waals surface area contributed by atoms with E-state index in [2.05, 4.69) is 12.2 Å². The largest absolute Gasteiger partial charge is 0.393 e. The lowest BCUT2D eigenvalue weighted by atomic mass is 9.82. The minimum absolute atomic E-state index is 0.0512. The van der Waals surface area contributed by atoms with E-state index in [1.54, 1.807) is 0 Å². The normalized spacial score (nSPS) is 43.6. The van der Waals surface area contributed by atoms with Crippen LogP contribution < -0.4 is 5.32 Å². The van der Waals surface area contributed by atoms with Crippen LogP contribution in [0.2, 0.25) is 0 Å². The highest BCUT2D eigenvalue weighted by Crippen LogP contribution is 2.29. The fraction of sp³-hybridized carbons (Fsp3) is 1.00. The fourth-order valence-corrected chi connectivity index (χ4v) is 3.31. The van der Waals surface area contributed by atoms with Gasteiger partial charge in [0.25, 0.3) is 0 Å². The van der Waals surface area contributed by atoms with E-state index in [-0.39, 0.29) is 12.2 Å². The standard InChI is InChI=1S/C14H27NO2/c1-10-2-9-14(17)13(15-10)8-5-11-3-6-12(16)7-4-11/h10-17H,2-9H2,1H3. The maximum atomic E-state index is 9.96. The Hall–Kier alpha value is -0.120. The highest BCUT2D eigenvalue weighted by atomic mass is 16.3. The predicted molar refractivity (Wildman–Crippen MR) is 68.8 cm³/mol. The molecule has 3 heteroatoms. The maximum absolute atomic E-state index is 9.96. The van der Waals surface area contributed by atoms with E-state index in [9.17, 15) is 10.2 Å². The first-order chi connectivity index (χ1) is 8.15. The van der Waals surface area contributed by atoms with Gasteiger partial charge in [-0.2, -0.15) is 0 Å². The van der Waals surface area contributed by atoms with Gasteiger partial charge >= 0.3 is 0 Å². The molecule has 0 aromatic rings. The first-order valence-corrected chi connectivity index (χ1v) is 7.27. The number of nitrogens with one attached hydrogen (secondary N) is 1. The van der Waals surface area contributed by atoms with Gasteiger partial charge in [-0.25, -0.2) is 0 Å². The molecule has 0 amide bonds. The van der Waals surface area contributed by atoms with Crippen molar-refractivity contribution in [3.8, 4) is 0 Å². The smallest absolute Gasteiger partial charge is 0.0693 e. The molecule has 1 heterocycles. The zero-order chi connectivity index (χ0) is 12.3. The quantitative estimate of drug-likeness (QED) is 0.706. The molecule has 3 N–H and O–H groups in total. The third-order valence-electron chi connectivity index (χ3n) is 4.56. The number of rotatable bonds is 3. The van der Waals surface area contributed by atoms with Gasteiger partial charge in [0, 0.05) is 12.1 Å². The van der Waals surface area contributed by atoms with Crippen molar-refractivity contribution < 1.29 is 10.2 Å². The topological polar surface area (TPSA) is 52.5 Å². The summed E-state index contributed by atoms with van der Waals surface area (Å²) in [5.74, 6) is 0.768. The van der Waals surface area contributed by atoms with Crippen molar-refractivity contribution in [1.82, 2.24) is 5.32 Å². The lowest BCUT2D eigenvalue weighted by molar-refractivity contribution is 0.0688. The third kappa shape index (κ3) is 3.94. The molecule has 17 heavy (non-hydrogen) atoms. The molecule has 1 saturated carbocycles. The van der Waals surface area contributed by atoms with E-state index in [0.29, 0.717) is 12.1 Å². The monoisotopic (exact) mass is 241 g/mol. The van der Waals surface area contributed by atoms with Crippen molar-refractivity contribution >= 4 is 0 Å². The Labute approximate surface area is 105 Å². The number of aliphatic hydroxyl groups is 2. The number of hydrogen-bond acceptors (Lipinski definition) is 3. The second kappa shape index (κ2) is 6.17. The Bertz CT molecular complexity index is 226. The summed E-state index contributed by atoms with van der Waals surface area (Å²) in [5, 5.41) is 22.9. The van der Waals surface area contributed by atoms with Crippen LogP contribution in [0.15, 0.2) is 0 Å². The first kappa shape index (κ1) is 13.3. The molecule has 0 spiro atoms. The highest BCUT2D eigenvalue weighted by molar-refractivity contribution is 4.85. The molecule has 3 nitrogen and oxygen atoms in total. The number of piperidine rings is 1. The van der Waals surface area contributed by atoms with Crippen LogP contribution in [0.1, 0.15) is 58.3 Å². The van der Waals surface area contributed by atoms with Gasteiger partial charge in [0.2, 0.25) is 0 Å². The van der Waals surface area contributed by atoms with Gasteiger partial charge in [0.15, 0.2) is 0 Å². The van der Waals surface area contributed by atoms with Crippen LogP contribution in [0, 0.1) is 5.92 Å². The molecule has 1 saturated heterocycles. The van der Waals surface area contributed by atoms with E-state index in [4.69, 9.17) is 0 Å². The van der Waals surface area contributed by atoms with Crippen LogP contribution in [0.5, 0.6) is 0 Å². The third-order valence-corrected chi connectivity index (χ3v) is 4.56. The molecule has 2 aliphatic rings. The molecule has 0 radical (unpaired) electrons. The van der Waals surface area contributed by atoms with Gasteiger partial charge in [-0.3, -0.25) is 0 Å². The molecular weight excluding hydrogens is 214 g/mol. The van der Waals surface area contributed by atoms with Crippen molar-refractivity contribution in [2.45, 2.75) is 82.6 Å². The van der Waals surface area contributed by atoms with E-state index in [1.165, 1.54) is 19.3 Å². The summed E-state index contributed by atoms with van der Waals surface area (Å²) in [7, 11) is 0. The van der Waals surface area contributed by atoms with E-state index < -0.39 is 0 Å². The molecule has 0 aromatic carbocycles. The Balaban J connectivity index is 1.70. The lowest BCUT2D eigenvalue weighted by Crippen LogP contribution is -2.49. The van der Waals surface area contributed by atoms with E-state index in [1.807, 2.05) is 0 Å². The molecule has 2 rings (SSSR count). The summed E-state index contributed by atoms with van der Waals surface area (Å²) in [6.07, 6.45) is 8.41. The Morgan fingerprint density at radius 3 is 2.35 bits per heavy atom. The minimum Gasteiger partial charge on any atom is -0.393 e. The SMILES string of the molecule is CC1CCC(O)C(CCC2CCC(O)CC2)N1. The second-order valence-corrected chi connectivity index (χ2v) is 6.07. The van der Waals surface area contributed by atoms with E-state index >= 15 is 0 Å². The summed E-state index contributed by atoms with van der Waals surface area (Å²) in [6, 6.07) is 0.849. The van der Waals surface area contributed by atoms with Gasteiger partial charge < -0.3 is 15.5 Å². The van der Waals surface area contributed by atoms with Gasteiger partial charge in [-0.1, -0.05) is 0 Å². The molecule has 100 valence electrons. The molecule has 1 aliphatic heterocycles. The number of aliphatic hydroxyl groups excluding tert-OH is 2. The zero-order valence-electron chi connectivity index (χ0n) is 10.9. The molecule has 0 bridgehead atoms. The Kier molecular flexibility index (Phi) is 4.83. The number of hydrogen-bond donors (Lipinski definition) is 3. The molecule has 3 atom stereocenters. The summed E-state index contributed by atoms with van der Waals surface area (Å²) in [4.78, 5) is 0. The van der Waals surface area contributed by atoms with Crippen molar-refractivity contribution in [1.29, 1.82) is 0 Å². The minimum atomic E-state index is -0.152. The lowest BCUT2D eigenvalue weighted by Gasteiger charge is -2.35. The van der Waals surface area contributed by atoms with Crippen molar-refractivity contribution in [3.63, 3.8) is 0 Å². The maximum Gasteiger partial charge on any atom is 0.0693 e. The van der Waals surface area contributed by atoms with Gasteiger partial charge in [0.1, 0.15) is 0 Å². The first-order valence-electron chi connectivity index (χ1n) is 7.27.